The standard InChI is InChI=1S/C18H17F2NO3/c19-15-7-6-12(8-16(15)20)17-9-13(22)10-21(17)18(23)11-24-14-4-2-1-3-5-14/h1-8,13,17,22H,9-11H2. The van der Waals surface area contributed by atoms with Crippen LogP contribution in [0, 0.1) is 11.6 Å². The van der Waals surface area contributed by atoms with Gasteiger partial charge in [-0.25, -0.2) is 8.78 Å². The first kappa shape index (κ1) is 16.4. The number of aliphatic hydroxyl groups excluding tert-OH is 1. The number of para-hydroxylation sites is 1. The molecule has 2 atom stereocenters. The van der Waals surface area contributed by atoms with Gasteiger partial charge in [0.2, 0.25) is 0 Å². The number of nitrogens with zero attached hydrogens (tertiary/aromatic N) is 1. The fraction of sp³-hybridized carbons (Fsp3) is 0.278. The van der Waals surface area contributed by atoms with Crippen molar-refractivity contribution in [3.05, 3.63) is 65.7 Å². The molecular formula is C18H17F2NO3. The van der Waals surface area contributed by atoms with Gasteiger partial charge in [-0.15, -0.1) is 0 Å². The molecule has 0 spiro atoms. The monoisotopic (exact) mass is 333 g/mol. The number of hydrogen-bond donors (Lipinski definition) is 1. The lowest BCUT2D eigenvalue weighted by atomic mass is 10.0. The normalized spacial score (nSPS) is 20.2. The molecule has 4 nitrogen and oxygen atoms in total. The number of halogens is 2. The van der Waals surface area contributed by atoms with Gasteiger partial charge in [-0.05, 0) is 36.2 Å². The van der Waals surface area contributed by atoms with Gasteiger partial charge in [-0.2, -0.15) is 0 Å². The van der Waals surface area contributed by atoms with E-state index < -0.39 is 23.8 Å². The van der Waals surface area contributed by atoms with Gasteiger partial charge >= 0.3 is 0 Å². The van der Waals surface area contributed by atoms with Crippen LogP contribution in [0.3, 0.4) is 0 Å². The summed E-state index contributed by atoms with van der Waals surface area (Å²) in [6, 6.07) is 11.9. The minimum Gasteiger partial charge on any atom is -0.484 e. The van der Waals surface area contributed by atoms with Crippen molar-refractivity contribution in [2.75, 3.05) is 13.2 Å². The molecule has 1 saturated heterocycles. The number of carbonyl (C=O) groups is 1. The lowest BCUT2D eigenvalue weighted by molar-refractivity contribution is -0.134. The fourth-order valence-corrected chi connectivity index (χ4v) is 2.87. The van der Waals surface area contributed by atoms with E-state index in [9.17, 15) is 18.7 Å². The largest absolute Gasteiger partial charge is 0.484 e. The van der Waals surface area contributed by atoms with Gasteiger partial charge in [0.25, 0.3) is 5.91 Å². The molecule has 0 radical (unpaired) electrons. The molecule has 2 unspecified atom stereocenters. The third-order valence-corrected chi connectivity index (χ3v) is 4.03. The lowest BCUT2D eigenvalue weighted by Gasteiger charge is -2.25. The lowest BCUT2D eigenvalue weighted by Crippen LogP contribution is -2.35. The molecule has 1 amide bonds. The number of likely N-dealkylation sites (tertiary alicyclic amines) is 1. The van der Waals surface area contributed by atoms with E-state index >= 15 is 0 Å². The number of carbonyl (C=O) groups excluding carboxylic acids is 1. The average Bonchev–Trinajstić information content (AvgIpc) is 2.98. The Morgan fingerprint density at radius 2 is 1.92 bits per heavy atom. The Hall–Kier alpha value is -2.47. The van der Waals surface area contributed by atoms with E-state index in [1.165, 1.54) is 11.0 Å². The SMILES string of the molecule is O=C(COc1ccccc1)N1CC(O)CC1c1ccc(F)c(F)c1. The van der Waals surface area contributed by atoms with Crippen molar-refractivity contribution in [3.8, 4) is 5.75 Å². The highest BCUT2D eigenvalue weighted by Gasteiger charge is 2.35. The molecule has 0 saturated carbocycles. The number of benzene rings is 2. The Kier molecular flexibility index (Phi) is 4.76. The average molecular weight is 333 g/mol. The zero-order valence-corrected chi connectivity index (χ0v) is 12.9. The molecular weight excluding hydrogens is 316 g/mol. The van der Waals surface area contributed by atoms with Crippen LogP contribution in [0.5, 0.6) is 5.75 Å². The molecule has 3 rings (SSSR count). The minimum absolute atomic E-state index is 0.140. The Labute approximate surface area is 138 Å². The third-order valence-electron chi connectivity index (χ3n) is 4.03. The Morgan fingerprint density at radius 3 is 2.62 bits per heavy atom. The van der Waals surface area contributed by atoms with Crippen LogP contribution in [-0.2, 0) is 4.79 Å². The number of aliphatic hydroxyl groups is 1. The van der Waals surface area contributed by atoms with Crippen LogP contribution >= 0.6 is 0 Å². The number of β-amino-alcohol motifs (C(OH)–C–C–N with tert-alkyl or cyclic N) is 1. The highest BCUT2D eigenvalue weighted by atomic mass is 19.2. The van der Waals surface area contributed by atoms with Gasteiger partial charge in [-0.3, -0.25) is 4.79 Å². The van der Waals surface area contributed by atoms with Crippen molar-refractivity contribution >= 4 is 5.91 Å². The molecule has 1 heterocycles. The van der Waals surface area contributed by atoms with Gasteiger partial charge < -0.3 is 14.7 Å². The van der Waals surface area contributed by atoms with Crippen LogP contribution in [0.2, 0.25) is 0 Å². The predicted molar refractivity (Wildman–Crippen MR) is 83.4 cm³/mol. The molecule has 2 aromatic rings. The summed E-state index contributed by atoms with van der Waals surface area (Å²) in [5, 5.41) is 9.89. The number of rotatable bonds is 4. The Bertz CT molecular complexity index is 723. The van der Waals surface area contributed by atoms with Gasteiger partial charge in [0.05, 0.1) is 12.1 Å². The second kappa shape index (κ2) is 6.97. The van der Waals surface area contributed by atoms with E-state index in [1.54, 1.807) is 24.3 Å². The zero-order chi connectivity index (χ0) is 17.1. The maximum atomic E-state index is 13.5. The maximum absolute atomic E-state index is 13.5. The highest BCUT2D eigenvalue weighted by molar-refractivity contribution is 5.78. The van der Waals surface area contributed by atoms with Crippen molar-refractivity contribution < 1.29 is 23.4 Å². The van der Waals surface area contributed by atoms with Gasteiger partial charge in [0.1, 0.15) is 5.75 Å². The molecule has 0 aromatic heterocycles. The van der Waals surface area contributed by atoms with Crippen LogP contribution < -0.4 is 4.74 Å². The highest BCUT2D eigenvalue weighted by Crippen LogP contribution is 2.33. The summed E-state index contributed by atoms with van der Waals surface area (Å²) in [6.45, 7) is -0.0441. The van der Waals surface area contributed by atoms with Crippen LogP contribution in [0.15, 0.2) is 48.5 Å². The fourth-order valence-electron chi connectivity index (χ4n) is 2.87. The van der Waals surface area contributed by atoms with E-state index in [2.05, 4.69) is 0 Å². The van der Waals surface area contributed by atoms with Crippen molar-refractivity contribution in [2.45, 2.75) is 18.6 Å². The Morgan fingerprint density at radius 1 is 1.17 bits per heavy atom. The van der Waals surface area contributed by atoms with Crippen LogP contribution in [0.1, 0.15) is 18.0 Å². The number of amides is 1. The summed E-state index contributed by atoms with van der Waals surface area (Å²) >= 11 is 0. The first-order valence-electron chi connectivity index (χ1n) is 7.65. The summed E-state index contributed by atoms with van der Waals surface area (Å²) in [4.78, 5) is 13.9. The van der Waals surface area contributed by atoms with E-state index in [0.29, 0.717) is 11.3 Å². The van der Waals surface area contributed by atoms with Crippen molar-refractivity contribution in [1.29, 1.82) is 0 Å². The second-order valence-electron chi connectivity index (χ2n) is 5.73. The van der Waals surface area contributed by atoms with Gasteiger partial charge in [-0.1, -0.05) is 24.3 Å². The molecule has 24 heavy (non-hydrogen) atoms. The molecule has 1 aliphatic rings. The van der Waals surface area contributed by atoms with Gasteiger partial charge in [0, 0.05) is 6.54 Å². The van der Waals surface area contributed by atoms with Crippen LogP contribution in [-0.4, -0.2) is 35.2 Å². The molecule has 6 heteroatoms. The summed E-state index contributed by atoms with van der Waals surface area (Å²) in [7, 11) is 0. The minimum atomic E-state index is -0.971. The molecule has 0 bridgehead atoms. The van der Waals surface area contributed by atoms with Crippen LogP contribution in [0.4, 0.5) is 8.78 Å². The second-order valence-corrected chi connectivity index (χ2v) is 5.73. The first-order valence-corrected chi connectivity index (χ1v) is 7.65. The van der Waals surface area contributed by atoms with Crippen molar-refractivity contribution in [1.82, 2.24) is 4.90 Å². The quantitative estimate of drug-likeness (QED) is 0.936. The van der Waals surface area contributed by atoms with Crippen molar-refractivity contribution in [3.63, 3.8) is 0 Å². The summed E-state index contributed by atoms with van der Waals surface area (Å²) in [6.07, 6.45) is -0.425. The van der Waals surface area contributed by atoms with E-state index in [4.69, 9.17) is 4.74 Å². The molecule has 1 aliphatic heterocycles. The summed E-state index contributed by atoms with van der Waals surface area (Å²) in [5.74, 6) is -1.66. The number of ether oxygens (including phenoxy) is 1. The molecule has 2 aromatic carbocycles. The maximum Gasteiger partial charge on any atom is 0.261 e. The molecule has 1 N–H and O–H groups in total. The van der Waals surface area contributed by atoms with E-state index in [0.717, 1.165) is 12.1 Å². The van der Waals surface area contributed by atoms with Crippen LogP contribution in [0.25, 0.3) is 0 Å². The van der Waals surface area contributed by atoms with E-state index in [-0.39, 0.29) is 25.5 Å². The summed E-state index contributed by atoms with van der Waals surface area (Å²) < 4.78 is 32.0. The smallest absolute Gasteiger partial charge is 0.261 e. The zero-order valence-electron chi connectivity index (χ0n) is 12.9. The first-order chi connectivity index (χ1) is 11.5. The van der Waals surface area contributed by atoms with Gasteiger partial charge in [0.15, 0.2) is 18.2 Å². The third kappa shape index (κ3) is 3.54. The summed E-state index contributed by atoms with van der Waals surface area (Å²) in [5.41, 5.74) is 0.457. The molecule has 126 valence electrons. The van der Waals surface area contributed by atoms with E-state index in [1.807, 2.05) is 6.07 Å². The van der Waals surface area contributed by atoms with Crippen molar-refractivity contribution in [2.24, 2.45) is 0 Å². The number of hydrogen-bond acceptors (Lipinski definition) is 3. The topological polar surface area (TPSA) is 49.8 Å². The Balaban J connectivity index is 1.72. The molecule has 1 fully saturated rings. The molecule has 0 aliphatic carbocycles. The predicted octanol–water partition coefficient (Wildman–Crippen LogP) is 2.68.